The molecule has 70 valence electrons. The van der Waals surface area contributed by atoms with Crippen LogP contribution >= 0.6 is 11.8 Å². The van der Waals surface area contributed by atoms with Crippen LogP contribution in [0.25, 0.3) is 0 Å². The molecule has 0 aliphatic rings. The zero-order chi connectivity index (χ0) is 9.90. The first-order chi connectivity index (χ1) is 6.02. The summed E-state index contributed by atoms with van der Waals surface area (Å²) in [5.41, 5.74) is -0.231. The molecule has 3 heteroatoms. The van der Waals surface area contributed by atoms with Crippen molar-refractivity contribution in [2.45, 2.75) is 24.2 Å². The van der Waals surface area contributed by atoms with Crippen molar-refractivity contribution in [1.29, 1.82) is 0 Å². The summed E-state index contributed by atoms with van der Waals surface area (Å²) < 4.78 is 0. The molecule has 0 amide bonds. The second-order valence-corrected chi connectivity index (χ2v) is 4.68. The highest BCUT2D eigenvalue weighted by atomic mass is 32.2. The molecule has 0 aromatic heterocycles. The molecule has 1 aromatic rings. The van der Waals surface area contributed by atoms with Crippen molar-refractivity contribution in [2.24, 2.45) is 0 Å². The van der Waals surface area contributed by atoms with Crippen LogP contribution in [0.3, 0.4) is 0 Å². The van der Waals surface area contributed by atoms with Gasteiger partial charge in [-0.25, -0.2) is 10.2 Å². The van der Waals surface area contributed by atoms with Gasteiger partial charge in [-0.15, -0.1) is 0 Å². The lowest BCUT2D eigenvalue weighted by Crippen LogP contribution is -2.17. The average molecular weight is 196 g/mol. The van der Waals surface area contributed by atoms with Crippen LogP contribution in [0.2, 0.25) is 0 Å². The zero-order valence-corrected chi connectivity index (χ0v) is 8.51. The van der Waals surface area contributed by atoms with Crippen molar-refractivity contribution in [2.75, 3.05) is 0 Å². The Balaban J connectivity index is 2.81. The van der Waals surface area contributed by atoms with Gasteiger partial charge in [0.15, 0.2) is 4.93 Å². The molecular weight excluding hydrogens is 184 g/mol. The van der Waals surface area contributed by atoms with Crippen LogP contribution in [0.15, 0.2) is 30.3 Å². The van der Waals surface area contributed by atoms with Crippen molar-refractivity contribution in [3.05, 3.63) is 35.9 Å². The Morgan fingerprint density at radius 1 is 1.31 bits per heavy atom. The standard InChI is InChI=1S/C10H12O2S/c1-8(11)13-10(2,12)9-6-4-3-5-7-9/h3-8H,1-2H3. The molecule has 0 spiro atoms. The number of rotatable bonds is 3. The van der Waals surface area contributed by atoms with Gasteiger partial charge in [-0.05, 0) is 19.4 Å². The van der Waals surface area contributed by atoms with E-state index in [0.29, 0.717) is 5.56 Å². The van der Waals surface area contributed by atoms with E-state index >= 15 is 0 Å². The first kappa shape index (κ1) is 10.6. The van der Waals surface area contributed by atoms with E-state index in [1.807, 2.05) is 18.2 Å². The molecule has 2 nitrogen and oxygen atoms in total. The summed E-state index contributed by atoms with van der Waals surface area (Å²) in [7, 11) is 0. The fourth-order valence-corrected chi connectivity index (χ4v) is 2.03. The van der Waals surface area contributed by atoms with E-state index < -0.39 is 10.4 Å². The Morgan fingerprint density at radius 2 is 1.85 bits per heavy atom. The molecule has 2 radical (unpaired) electrons. The summed E-state index contributed by atoms with van der Waals surface area (Å²) in [4.78, 5) is -1.33. The van der Waals surface area contributed by atoms with E-state index in [4.69, 9.17) is 0 Å². The highest BCUT2D eigenvalue weighted by Crippen LogP contribution is 2.35. The molecule has 0 N–H and O–H groups in total. The third-order valence-electron chi connectivity index (χ3n) is 1.69. The minimum Gasteiger partial charge on any atom is -0.221 e. The first-order valence-electron chi connectivity index (χ1n) is 4.12. The van der Waals surface area contributed by atoms with Gasteiger partial charge in [0, 0.05) is 0 Å². The summed E-state index contributed by atoms with van der Waals surface area (Å²) >= 11 is 0.899. The van der Waals surface area contributed by atoms with E-state index in [1.165, 1.54) is 13.8 Å². The highest BCUT2D eigenvalue weighted by molar-refractivity contribution is 8.00. The highest BCUT2D eigenvalue weighted by Gasteiger charge is 2.28. The van der Waals surface area contributed by atoms with Gasteiger partial charge < -0.3 is 0 Å². The van der Waals surface area contributed by atoms with Crippen LogP contribution in [0, 0.1) is 0 Å². The predicted octanol–water partition coefficient (Wildman–Crippen LogP) is 2.80. The van der Waals surface area contributed by atoms with Gasteiger partial charge in [0.2, 0.25) is 0 Å². The molecule has 0 fully saturated rings. The first-order valence-corrected chi connectivity index (χ1v) is 5.00. The third kappa shape index (κ3) is 3.03. The Bertz CT molecular complexity index is 257. The van der Waals surface area contributed by atoms with Crippen LogP contribution in [0.1, 0.15) is 19.4 Å². The fraction of sp³-hybridized carbons (Fsp3) is 0.400. The predicted molar refractivity (Wildman–Crippen MR) is 52.2 cm³/mol. The number of benzene rings is 1. The monoisotopic (exact) mass is 196 g/mol. The molecule has 0 aliphatic carbocycles. The molecule has 2 atom stereocenters. The van der Waals surface area contributed by atoms with E-state index in [-0.39, 0.29) is 0 Å². The average Bonchev–Trinajstić information content (AvgIpc) is 2.04. The molecule has 0 bridgehead atoms. The Kier molecular flexibility index (Phi) is 3.36. The molecule has 1 aromatic carbocycles. The maximum absolute atomic E-state index is 11.9. The number of thioether (sulfide) groups is 1. The molecule has 13 heavy (non-hydrogen) atoms. The topological polar surface area (TPSA) is 39.8 Å². The summed E-state index contributed by atoms with van der Waals surface area (Å²) in [6.45, 7) is 3.02. The van der Waals surface area contributed by atoms with Gasteiger partial charge in [0.25, 0.3) is 0 Å². The second kappa shape index (κ2) is 4.13. The van der Waals surface area contributed by atoms with E-state index in [0.717, 1.165) is 11.8 Å². The van der Waals surface area contributed by atoms with Crippen molar-refractivity contribution >= 4 is 11.8 Å². The number of hydrogen-bond donors (Lipinski definition) is 0. The van der Waals surface area contributed by atoms with Crippen molar-refractivity contribution in [3.8, 4) is 0 Å². The summed E-state index contributed by atoms with van der Waals surface area (Å²) in [5, 5.41) is 22.8. The second-order valence-electron chi connectivity index (χ2n) is 3.00. The normalized spacial score (nSPS) is 17.8. The van der Waals surface area contributed by atoms with Crippen molar-refractivity contribution in [3.63, 3.8) is 0 Å². The lowest BCUT2D eigenvalue weighted by atomic mass is 10.1. The van der Waals surface area contributed by atoms with Crippen molar-refractivity contribution in [1.82, 2.24) is 0 Å². The van der Waals surface area contributed by atoms with E-state index in [1.54, 1.807) is 12.1 Å². The lowest BCUT2D eigenvalue weighted by molar-refractivity contribution is 0.0641. The molecule has 1 rings (SSSR count). The fourth-order valence-electron chi connectivity index (χ4n) is 1.13. The molecule has 0 heterocycles. The summed E-state index contributed by atoms with van der Waals surface area (Å²) in [5.74, 6) is 0. The van der Waals surface area contributed by atoms with E-state index in [9.17, 15) is 10.2 Å². The van der Waals surface area contributed by atoms with Gasteiger partial charge in [-0.1, -0.05) is 42.1 Å². The summed E-state index contributed by atoms with van der Waals surface area (Å²) in [6, 6.07) is 8.97. The molecule has 2 unspecified atom stereocenters. The quantitative estimate of drug-likeness (QED) is 0.685. The molecule has 0 saturated carbocycles. The maximum Gasteiger partial charge on any atom is 0.174 e. The summed E-state index contributed by atoms with van der Waals surface area (Å²) in [6.07, 6.45) is 0. The van der Waals surface area contributed by atoms with Gasteiger partial charge in [-0.2, -0.15) is 0 Å². The maximum atomic E-state index is 11.9. The Labute approximate surface area is 82.6 Å². The molecule has 0 saturated heterocycles. The van der Waals surface area contributed by atoms with Gasteiger partial charge in [0.05, 0.1) is 0 Å². The largest absolute Gasteiger partial charge is 0.221 e. The SMILES string of the molecule is CC([O])SC(C)([O])c1ccccc1. The van der Waals surface area contributed by atoms with Crippen LogP contribution < -0.4 is 0 Å². The van der Waals surface area contributed by atoms with Crippen molar-refractivity contribution < 1.29 is 10.2 Å². The van der Waals surface area contributed by atoms with Crippen LogP contribution in [-0.2, 0) is 15.1 Å². The minimum atomic E-state index is -1.33. The molecular formula is C10H12O2S. The van der Waals surface area contributed by atoms with E-state index in [2.05, 4.69) is 0 Å². The van der Waals surface area contributed by atoms with Crippen LogP contribution in [-0.4, -0.2) is 5.44 Å². The van der Waals surface area contributed by atoms with Crippen LogP contribution in [0.5, 0.6) is 0 Å². The molecule has 0 aliphatic heterocycles. The Hall–Kier alpha value is -0.510. The third-order valence-corrected chi connectivity index (χ3v) is 2.71. The zero-order valence-electron chi connectivity index (χ0n) is 7.69. The Morgan fingerprint density at radius 3 is 2.31 bits per heavy atom. The van der Waals surface area contributed by atoms with Gasteiger partial charge in [-0.3, -0.25) is 0 Å². The lowest BCUT2D eigenvalue weighted by Gasteiger charge is -2.20. The van der Waals surface area contributed by atoms with Gasteiger partial charge in [0.1, 0.15) is 5.44 Å². The smallest absolute Gasteiger partial charge is 0.174 e. The minimum absolute atomic E-state index is 0.655. The van der Waals surface area contributed by atoms with Crippen LogP contribution in [0.4, 0.5) is 0 Å². The number of hydrogen-bond acceptors (Lipinski definition) is 1. The van der Waals surface area contributed by atoms with Gasteiger partial charge >= 0.3 is 0 Å².